The lowest BCUT2D eigenvalue weighted by Gasteiger charge is -2.04. The Morgan fingerprint density at radius 1 is 0.654 bits per heavy atom. The zero-order valence-corrected chi connectivity index (χ0v) is 18.3. The zero-order valence-electron chi connectivity index (χ0n) is 18.3. The molecule has 0 aromatic heterocycles. The zero-order chi connectivity index (χ0) is 20.0. The fourth-order valence-electron chi connectivity index (χ4n) is 2.58. The lowest BCUT2D eigenvalue weighted by molar-refractivity contribution is -0.139. The van der Waals surface area contributed by atoms with Gasteiger partial charge in [0.25, 0.3) is 0 Å². The Bertz CT molecular complexity index is 340. The second-order valence-electron chi connectivity index (χ2n) is 7.72. The number of rotatable bonds is 16. The molecule has 0 unspecified atom stereocenters. The first-order valence-corrected chi connectivity index (χ1v) is 10.9. The van der Waals surface area contributed by atoms with Gasteiger partial charge in [-0.2, -0.15) is 0 Å². The summed E-state index contributed by atoms with van der Waals surface area (Å²) in [4.78, 5) is 11.2. The summed E-state index contributed by atoms with van der Waals surface area (Å²) in [7, 11) is 0. The summed E-state index contributed by atoms with van der Waals surface area (Å²) in [5, 5.41) is 0. The predicted molar refractivity (Wildman–Crippen MR) is 117 cm³/mol. The van der Waals surface area contributed by atoms with Gasteiger partial charge in [-0.25, -0.2) is 4.79 Å². The smallest absolute Gasteiger partial charge is 0.333 e. The van der Waals surface area contributed by atoms with E-state index in [2.05, 4.69) is 20.1 Å². The molecule has 0 aliphatic rings. The molecule has 0 fully saturated rings. The van der Waals surface area contributed by atoms with Crippen molar-refractivity contribution in [2.45, 2.75) is 118 Å². The Hall–Kier alpha value is -1.05. The van der Waals surface area contributed by atoms with Crippen molar-refractivity contribution in [1.29, 1.82) is 0 Å². The average Bonchev–Trinajstić information content (AvgIpc) is 2.57. The van der Waals surface area contributed by atoms with Gasteiger partial charge in [0.1, 0.15) is 0 Å². The third-order valence-electron chi connectivity index (χ3n) is 4.08. The maximum atomic E-state index is 11.2. The Kier molecular flexibility index (Phi) is 23.0. The molecule has 0 saturated heterocycles. The van der Waals surface area contributed by atoms with Crippen LogP contribution in [0.3, 0.4) is 0 Å². The van der Waals surface area contributed by atoms with Crippen molar-refractivity contribution in [2.24, 2.45) is 0 Å². The summed E-state index contributed by atoms with van der Waals surface area (Å²) in [6.07, 6.45) is 18.8. The highest BCUT2D eigenvalue weighted by atomic mass is 16.5. The van der Waals surface area contributed by atoms with Gasteiger partial charge in [0.15, 0.2) is 0 Å². The maximum absolute atomic E-state index is 11.2. The second kappa shape index (κ2) is 22.0. The van der Waals surface area contributed by atoms with E-state index in [0.717, 1.165) is 6.42 Å². The van der Waals surface area contributed by atoms with E-state index in [4.69, 9.17) is 4.74 Å². The molecule has 0 bridgehead atoms. The first-order valence-electron chi connectivity index (χ1n) is 10.9. The number of hydrogen-bond donors (Lipinski definition) is 0. The summed E-state index contributed by atoms with van der Waals surface area (Å²) in [5.41, 5.74) is 1.66. The molecule has 2 heteroatoms. The van der Waals surface area contributed by atoms with E-state index in [0.29, 0.717) is 12.2 Å². The molecule has 26 heavy (non-hydrogen) atoms. The highest BCUT2D eigenvalue weighted by Crippen LogP contribution is 2.13. The van der Waals surface area contributed by atoms with Crippen LogP contribution in [0.15, 0.2) is 24.3 Å². The minimum absolute atomic E-state index is 0.255. The number of unbranched alkanes of at least 4 members (excludes halogenated alkanes) is 13. The van der Waals surface area contributed by atoms with Gasteiger partial charge in [0, 0.05) is 5.57 Å². The highest BCUT2D eigenvalue weighted by Gasteiger charge is 2.01. The van der Waals surface area contributed by atoms with Crippen molar-refractivity contribution in [2.75, 3.05) is 6.61 Å². The third kappa shape index (κ3) is 27.8. The van der Waals surface area contributed by atoms with Crippen LogP contribution in [0.25, 0.3) is 0 Å². The van der Waals surface area contributed by atoms with Gasteiger partial charge < -0.3 is 4.74 Å². The first-order chi connectivity index (χ1) is 12.4. The molecular weight excluding hydrogens is 320 g/mol. The van der Waals surface area contributed by atoms with Crippen molar-refractivity contribution >= 4 is 5.97 Å². The highest BCUT2D eigenvalue weighted by molar-refractivity contribution is 5.86. The minimum atomic E-state index is -0.255. The number of esters is 1. The Morgan fingerprint density at radius 3 is 1.27 bits per heavy atom. The molecule has 2 nitrogen and oxygen atoms in total. The van der Waals surface area contributed by atoms with Crippen LogP contribution in [0.2, 0.25) is 0 Å². The third-order valence-corrected chi connectivity index (χ3v) is 4.08. The minimum Gasteiger partial charge on any atom is -0.462 e. The number of carbonyl (C=O) groups is 1. The van der Waals surface area contributed by atoms with E-state index in [9.17, 15) is 4.79 Å². The van der Waals surface area contributed by atoms with Crippen molar-refractivity contribution in [1.82, 2.24) is 0 Å². The quantitative estimate of drug-likeness (QED) is 0.119. The molecule has 0 amide bonds. The van der Waals surface area contributed by atoms with Crippen LogP contribution < -0.4 is 0 Å². The van der Waals surface area contributed by atoms with E-state index in [1.54, 1.807) is 6.92 Å². The fraction of sp³-hybridized carbons (Fsp3) is 0.792. The molecule has 0 spiro atoms. The van der Waals surface area contributed by atoms with Crippen LogP contribution >= 0.6 is 0 Å². The molecule has 0 rings (SSSR count). The summed E-state index contributed by atoms with van der Waals surface area (Å²) in [5.74, 6) is -0.255. The molecule has 0 N–H and O–H groups in total. The molecule has 0 saturated carbocycles. The van der Waals surface area contributed by atoms with Crippen LogP contribution in [0.1, 0.15) is 118 Å². The van der Waals surface area contributed by atoms with Gasteiger partial charge in [-0.15, -0.1) is 6.58 Å². The van der Waals surface area contributed by atoms with Crippen LogP contribution in [0.4, 0.5) is 0 Å². The molecule has 0 atom stereocenters. The van der Waals surface area contributed by atoms with Crippen molar-refractivity contribution < 1.29 is 9.53 Å². The van der Waals surface area contributed by atoms with Gasteiger partial charge in [-0.1, -0.05) is 103 Å². The van der Waals surface area contributed by atoms with Crippen LogP contribution in [0, 0.1) is 0 Å². The largest absolute Gasteiger partial charge is 0.462 e. The second-order valence-corrected chi connectivity index (χ2v) is 7.72. The van der Waals surface area contributed by atoms with E-state index < -0.39 is 0 Å². The number of ether oxygens (including phenoxy) is 1. The molecule has 0 aromatic rings. The number of allylic oxidation sites excluding steroid dienone is 1. The summed E-state index contributed by atoms with van der Waals surface area (Å²) in [6.45, 7) is 15.6. The molecule has 0 aliphatic heterocycles. The van der Waals surface area contributed by atoms with Crippen molar-refractivity contribution in [3.05, 3.63) is 24.3 Å². The summed E-state index contributed by atoms with van der Waals surface area (Å²) in [6, 6.07) is 0. The normalized spacial score (nSPS) is 10.0. The topological polar surface area (TPSA) is 26.3 Å². The first kappa shape index (κ1) is 27.2. The molecule has 0 heterocycles. The Labute approximate surface area is 164 Å². The van der Waals surface area contributed by atoms with E-state index >= 15 is 0 Å². The molecule has 0 radical (unpaired) electrons. The predicted octanol–water partition coefficient (Wildman–Crippen LogP) is 8.17. The molecule has 0 aliphatic carbocycles. The lowest BCUT2D eigenvalue weighted by Crippen LogP contribution is -2.05. The van der Waals surface area contributed by atoms with Gasteiger partial charge in [0.05, 0.1) is 6.61 Å². The van der Waals surface area contributed by atoms with Crippen molar-refractivity contribution in [3.63, 3.8) is 0 Å². The maximum Gasteiger partial charge on any atom is 0.333 e. The fourth-order valence-corrected chi connectivity index (χ4v) is 2.58. The number of hydrogen-bond acceptors (Lipinski definition) is 2. The molecule has 0 aromatic carbocycles. The summed E-state index contributed by atoms with van der Waals surface area (Å²) < 4.78 is 5.07. The number of carbonyl (C=O) groups excluding carboxylic acids is 1. The van der Waals surface area contributed by atoms with Crippen LogP contribution in [-0.4, -0.2) is 12.6 Å². The Balaban J connectivity index is 0. The van der Waals surface area contributed by atoms with Gasteiger partial charge in [0.2, 0.25) is 0 Å². The van der Waals surface area contributed by atoms with Crippen molar-refractivity contribution in [3.8, 4) is 0 Å². The summed E-state index contributed by atoms with van der Waals surface area (Å²) >= 11 is 0. The van der Waals surface area contributed by atoms with Crippen LogP contribution in [-0.2, 0) is 9.53 Å². The van der Waals surface area contributed by atoms with E-state index in [-0.39, 0.29) is 5.97 Å². The SMILES string of the molecule is C=C(C)C.C=C(C)C(=O)OCCCCCCCCCCCCCCCC. The molecular formula is C24H46O2. The standard InChI is InChI=1S/C20H38O2.C4H8/c1-4-5-6-7-8-9-10-11-12-13-14-15-16-17-18-22-20(21)19(2)3;1-4(2)3/h2,4-18H2,1,3H3;1H2,2-3H3. The lowest BCUT2D eigenvalue weighted by atomic mass is 10.0. The van der Waals surface area contributed by atoms with E-state index in [1.165, 1.54) is 89.0 Å². The molecule has 154 valence electrons. The van der Waals surface area contributed by atoms with Gasteiger partial charge in [-0.3, -0.25) is 0 Å². The van der Waals surface area contributed by atoms with Gasteiger partial charge >= 0.3 is 5.97 Å². The monoisotopic (exact) mass is 366 g/mol. The van der Waals surface area contributed by atoms with E-state index in [1.807, 2.05) is 13.8 Å². The average molecular weight is 367 g/mol. The van der Waals surface area contributed by atoms with Gasteiger partial charge in [-0.05, 0) is 27.2 Å². The Morgan fingerprint density at radius 2 is 0.962 bits per heavy atom. The van der Waals surface area contributed by atoms with Crippen LogP contribution in [0.5, 0.6) is 0 Å².